The van der Waals surface area contributed by atoms with Gasteiger partial charge in [-0.3, -0.25) is 19.5 Å². The highest BCUT2D eigenvalue weighted by Gasteiger charge is 2.34. The number of nitrogens with one attached hydrogen (secondary N) is 1. The number of aryl methyl sites for hydroxylation is 2. The molecule has 5 heteroatoms. The van der Waals surface area contributed by atoms with Gasteiger partial charge in [0.05, 0.1) is 29.2 Å². The van der Waals surface area contributed by atoms with Gasteiger partial charge >= 0.3 is 0 Å². The molecule has 106 valence electrons. The summed E-state index contributed by atoms with van der Waals surface area (Å²) >= 11 is 0. The SMILES string of the molecule is Cc1ccc(NCN2C(=O)c3ccccc3C2=O)c(C)n1. The molecule has 0 unspecified atom stereocenters. The number of nitrogens with zero attached hydrogens (tertiary/aromatic N) is 2. The Balaban J connectivity index is 1.78. The van der Waals surface area contributed by atoms with Crippen molar-refractivity contribution < 1.29 is 9.59 Å². The molecule has 0 aliphatic carbocycles. The normalized spacial score (nSPS) is 13.5. The van der Waals surface area contributed by atoms with Crippen LogP contribution in [0, 0.1) is 13.8 Å². The van der Waals surface area contributed by atoms with E-state index in [1.54, 1.807) is 24.3 Å². The Morgan fingerprint density at radius 2 is 1.62 bits per heavy atom. The Kier molecular flexibility index (Phi) is 3.17. The van der Waals surface area contributed by atoms with Crippen LogP contribution in [-0.2, 0) is 0 Å². The van der Waals surface area contributed by atoms with E-state index in [0.717, 1.165) is 17.1 Å². The lowest BCUT2D eigenvalue weighted by molar-refractivity contribution is 0.0665. The molecule has 1 aromatic heterocycles. The summed E-state index contributed by atoms with van der Waals surface area (Å²) in [5, 5.41) is 3.10. The van der Waals surface area contributed by atoms with E-state index in [4.69, 9.17) is 0 Å². The van der Waals surface area contributed by atoms with Gasteiger partial charge in [0, 0.05) is 5.69 Å². The molecule has 2 heterocycles. The predicted octanol–water partition coefficient (Wildman–Crippen LogP) is 2.36. The van der Waals surface area contributed by atoms with E-state index < -0.39 is 0 Å². The van der Waals surface area contributed by atoms with Crippen LogP contribution < -0.4 is 5.32 Å². The Hall–Kier alpha value is -2.69. The molecule has 1 aliphatic heterocycles. The maximum atomic E-state index is 12.2. The summed E-state index contributed by atoms with van der Waals surface area (Å²) in [4.78, 5) is 30.0. The van der Waals surface area contributed by atoms with Crippen molar-refractivity contribution in [2.45, 2.75) is 13.8 Å². The van der Waals surface area contributed by atoms with Crippen LogP contribution in [0.15, 0.2) is 36.4 Å². The fraction of sp³-hybridized carbons (Fsp3) is 0.188. The molecular weight excluding hydrogens is 266 g/mol. The lowest BCUT2D eigenvalue weighted by atomic mass is 10.1. The second kappa shape index (κ2) is 5.01. The zero-order chi connectivity index (χ0) is 15.0. The number of aromatic nitrogens is 1. The van der Waals surface area contributed by atoms with Crippen LogP contribution in [0.2, 0.25) is 0 Å². The molecule has 1 aliphatic rings. The van der Waals surface area contributed by atoms with Gasteiger partial charge in [-0.1, -0.05) is 12.1 Å². The van der Waals surface area contributed by atoms with Crippen molar-refractivity contribution in [2.24, 2.45) is 0 Å². The van der Waals surface area contributed by atoms with Crippen LogP contribution in [-0.4, -0.2) is 28.4 Å². The van der Waals surface area contributed by atoms with Gasteiger partial charge in [-0.25, -0.2) is 0 Å². The monoisotopic (exact) mass is 281 g/mol. The summed E-state index contributed by atoms with van der Waals surface area (Å²) in [5.41, 5.74) is 3.51. The second-order valence-electron chi connectivity index (χ2n) is 5.00. The highest BCUT2D eigenvalue weighted by molar-refractivity contribution is 6.21. The van der Waals surface area contributed by atoms with Gasteiger partial charge in [0.1, 0.15) is 0 Å². The average molecular weight is 281 g/mol. The molecule has 0 spiro atoms. The van der Waals surface area contributed by atoms with Crippen molar-refractivity contribution in [1.82, 2.24) is 9.88 Å². The fourth-order valence-electron chi connectivity index (χ4n) is 2.42. The van der Waals surface area contributed by atoms with E-state index in [-0.39, 0.29) is 18.5 Å². The zero-order valence-corrected chi connectivity index (χ0v) is 11.9. The van der Waals surface area contributed by atoms with Gasteiger partial charge in [-0.2, -0.15) is 0 Å². The molecule has 3 rings (SSSR count). The number of carbonyl (C=O) groups is 2. The number of pyridine rings is 1. The number of carbonyl (C=O) groups excluding carboxylic acids is 2. The van der Waals surface area contributed by atoms with Gasteiger partial charge in [0.15, 0.2) is 0 Å². The number of amides is 2. The highest BCUT2D eigenvalue weighted by atomic mass is 16.2. The number of benzene rings is 1. The lowest BCUT2D eigenvalue weighted by Gasteiger charge is -2.16. The van der Waals surface area contributed by atoms with Crippen molar-refractivity contribution in [3.05, 3.63) is 58.9 Å². The summed E-state index contributed by atoms with van der Waals surface area (Å²) in [6.07, 6.45) is 0. The number of fused-ring (bicyclic) bond motifs is 1. The number of rotatable bonds is 3. The van der Waals surface area contributed by atoms with Crippen LogP contribution in [0.25, 0.3) is 0 Å². The zero-order valence-electron chi connectivity index (χ0n) is 11.9. The van der Waals surface area contributed by atoms with E-state index in [1.165, 1.54) is 4.90 Å². The summed E-state index contributed by atoms with van der Waals surface area (Å²) in [6.45, 7) is 3.94. The minimum atomic E-state index is -0.263. The maximum absolute atomic E-state index is 12.2. The largest absolute Gasteiger partial charge is 0.366 e. The molecule has 0 fully saturated rings. The third kappa shape index (κ3) is 2.27. The molecule has 0 atom stereocenters. The first-order chi connectivity index (χ1) is 10.1. The van der Waals surface area contributed by atoms with Crippen LogP contribution in [0.3, 0.4) is 0 Å². The van der Waals surface area contributed by atoms with Crippen LogP contribution in [0.5, 0.6) is 0 Å². The molecule has 0 saturated carbocycles. The Morgan fingerprint density at radius 1 is 1.00 bits per heavy atom. The van der Waals surface area contributed by atoms with Crippen molar-refractivity contribution in [1.29, 1.82) is 0 Å². The summed E-state index contributed by atoms with van der Waals surface area (Å²) in [7, 11) is 0. The first-order valence-corrected chi connectivity index (χ1v) is 6.71. The van der Waals surface area contributed by atoms with Crippen molar-refractivity contribution in [2.75, 3.05) is 12.0 Å². The molecule has 1 N–H and O–H groups in total. The van der Waals surface area contributed by atoms with Crippen molar-refractivity contribution >= 4 is 17.5 Å². The smallest absolute Gasteiger partial charge is 0.263 e. The van der Waals surface area contributed by atoms with E-state index in [2.05, 4.69) is 10.3 Å². The van der Waals surface area contributed by atoms with Gasteiger partial charge in [0.2, 0.25) is 0 Å². The van der Waals surface area contributed by atoms with Crippen LogP contribution >= 0.6 is 0 Å². The first-order valence-electron chi connectivity index (χ1n) is 6.71. The number of hydrogen-bond donors (Lipinski definition) is 1. The number of anilines is 1. The summed E-state index contributed by atoms with van der Waals surface area (Å²) < 4.78 is 0. The minimum Gasteiger partial charge on any atom is -0.366 e. The van der Waals surface area contributed by atoms with Gasteiger partial charge < -0.3 is 5.32 Å². The van der Waals surface area contributed by atoms with E-state index >= 15 is 0 Å². The molecule has 0 radical (unpaired) electrons. The topological polar surface area (TPSA) is 62.3 Å². The molecule has 1 aromatic carbocycles. The number of imide groups is 1. The van der Waals surface area contributed by atoms with Gasteiger partial charge in [-0.15, -0.1) is 0 Å². The van der Waals surface area contributed by atoms with Crippen LogP contribution in [0.4, 0.5) is 5.69 Å². The summed E-state index contributed by atoms with van der Waals surface area (Å²) in [6, 6.07) is 10.7. The summed E-state index contributed by atoms with van der Waals surface area (Å²) in [5.74, 6) is -0.526. The third-order valence-electron chi connectivity index (χ3n) is 3.53. The van der Waals surface area contributed by atoms with Crippen molar-refractivity contribution in [3.63, 3.8) is 0 Å². The molecular formula is C16H15N3O2. The molecule has 0 saturated heterocycles. The molecule has 21 heavy (non-hydrogen) atoms. The molecule has 5 nitrogen and oxygen atoms in total. The van der Waals surface area contributed by atoms with E-state index in [1.807, 2.05) is 26.0 Å². The van der Waals surface area contributed by atoms with Crippen molar-refractivity contribution in [3.8, 4) is 0 Å². The molecule has 2 amide bonds. The predicted molar refractivity (Wildman–Crippen MR) is 79.1 cm³/mol. The van der Waals surface area contributed by atoms with Gasteiger partial charge in [-0.05, 0) is 38.1 Å². The Morgan fingerprint density at radius 3 is 2.19 bits per heavy atom. The first kappa shape index (κ1) is 13.3. The molecule has 0 bridgehead atoms. The van der Waals surface area contributed by atoms with Crippen LogP contribution in [0.1, 0.15) is 32.1 Å². The van der Waals surface area contributed by atoms with E-state index in [9.17, 15) is 9.59 Å². The quantitative estimate of drug-likeness (QED) is 0.877. The maximum Gasteiger partial charge on any atom is 0.263 e. The minimum absolute atomic E-state index is 0.137. The van der Waals surface area contributed by atoms with Gasteiger partial charge in [0.25, 0.3) is 11.8 Å². The standard InChI is InChI=1S/C16H15N3O2/c1-10-7-8-14(11(2)18-10)17-9-19-15(20)12-5-3-4-6-13(12)16(19)21/h3-8,17H,9H2,1-2H3. The Bertz CT molecular complexity index is 705. The third-order valence-corrected chi connectivity index (χ3v) is 3.53. The number of hydrogen-bond acceptors (Lipinski definition) is 4. The fourth-order valence-corrected chi connectivity index (χ4v) is 2.42. The molecule has 2 aromatic rings. The second-order valence-corrected chi connectivity index (χ2v) is 5.00. The highest BCUT2D eigenvalue weighted by Crippen LogP contribution is 2.22. The lowest BCUT2D eigenvalue weighted by Crippen LogP contribution is -2.34. The van der Waals surface area contributed by atoms with E-state index in [0.29, 0.717) is 11.1 Å². The Labute approximate surface area is 122 Å². The average Bonchev–Trinajstić information content (AvgIpc) is 2.71.